The van der Waals surface area contributed by atoms with Gasteiger partial charge >= 0.3 is 18.2 Å². The van der Waals surface area contributed by atoms with Crippen molar-refractivity contribution in [1.82, 2.24) is 14.7 Å². The minimum Gasteiger partial charge on any atom is -0.475 e. The summed E-state index contributed by atoms with van der Waals surface area (Å²) in [6.07, 6.45) is -3.22. The molecule has 0 spiro atoms. The molecule has 11 nitrogen and oxygen atoms in total. The van der Waals surface area contributed by atoms with Crippen LogP contribution in [0.1, 0.15) is 20.3 Å². The molecule has 32 heavy (non-hydrogen) atoms. The molecule has 14 heteroatoms. The van der Waals surface area contributed by atoms with E-state index < -0.39 is 36.1 Å². The molecule has 1 rings (SSSR count). The summed E-state index contributed by atoms with van der Waals surface area (Å²) in [5.41, 5.74) is 5.60. The van der Waals surface area contributed by atoms with Crippen LogP contribution in [0.4, 0.5) is 18.0 Å². The summed E-state index contributed by atoms with van der Waals surface area (Å²) in [6, 6.07) is -0.896. The van der Waals surface area contributed by atoms with Crippen molar-refractivity contribution in [3.05, 3.63) is 12.2 Å². The number of carboxylic acid groups (broad SMARTS) is 1. The molecule has 0 saturated carbocycles. The number of aliphatic carboxylic acids is 1. The number of alkyl halides is 3. The lowest BCUT2D eigenvalue weighted by molar-refractivity contribution is -0.192. The van der Waals surface area contributed by atoms with Crippen LogP contribution in [0.5, 0.6) is 0 Å². The molecular weight excluding hydrogens is 441 g/mol. The summed E-state index contributed by atoms with van der Waals surface area (Å²) in [6.45, 7) is 3.61. The first-order valence-electron chi connectivity index (χ1n) is 9.32. The van der Waals surface area contributed by atoms with Gasteiger partial charge in [-0.05, 0) is 13.8 Å². The normalized spacial score (nSPS) is 14.1. The van der Waals surface area contributed by atoms with Gasteiger partial charge in [0.05, 0.1) is 6.04 Å². The third kappa shape index (κ3) is 9.32. The number of hydrogen-bond acceptors (Lipinski definition) is 7. The zero-order valence-electron chi connectivity index (χ0n) is 18.1. The van der Waals surface area contributed by atoms with E-state index in [-0.39, 0.29) is 38.1 Å². The van der Waals surface area contributed by atoms with E-state index >= 15 is 0 Å². The van der Waals surface area contributed by atoms with Gasteiger partial charge in [-0.15, -0.1) is 0 Å². The Morgan fingerprint density at radius 3 is 1.97 bits per heavy atom. The van der Waals surface area contributed by atoms with Crippen LogP contribution < -0.4 is 5.73 Å². The lowest BCUT2D eigenvalue weighted by Crippen LogP contribution is -2.48. The number of amides is 4. The third-order valence-electron chi connectivity index (χ3n) is 4.05. The van der Waals surface area contributed by atoms with Crippen molar-refractivity contribution in [2.75, 3.05) is 33.8 Å². The number of carbonyl (C=O) groups is 5. The van der Waals surface area contributed by atoms with Crippen LogP contribution >= 0.6 is 0 Å². The maximum absolute atomic E-state index is 12.3. The molecule has 0 aromatic carbocycles. The fourth-order valence-electron chi connectivity index (χ4n) is 2.27. The maximum atomic E-state index is 12.3. The molecule has 4 amide bonds. The number of nitrogens with two attached hydrogens (primary N) is 1. The highest BCUT2D eigenvalue weighted by atomic mass is 19.4. The van der Waals surface area contributed by atoms with Gasteiger partial charge in [0.2, 0.25) is 5.91 Å². The molecule has 0 aromatic heterocycles. The second kappa shape index (κ2) is 12.6. The molecule has 182 valence electrons. The molecule has 0 aliphatic carbocycles. The van der Waals surface area contributed by atoms with E-state index in [0.29, 0.717) is 0 Å². The van der Waals surface area contributed by atoms with Crippen LogP contribution in [-0.4, -0.2) is 102 Å². The monoisotopic (exact) mass is 468 g/mol. The van der Waals surface area contributed by atoms with Crippen LogP contribution in [0, 0.1) is 0 Å². The van der Waals surface area contributed by atoms with Gasteiger partial charge < -0.3 is 25.4 Å². The highest BCUT2D eigenvalue weighted by molar-refractivity contribution is 6.13. The predicted molar refractivity (Wildman–Crippen MR) is 104 cm³/mol. The molecule has 0 unspecified atom stereocenters. The van der Waals surface area contributed by atoms with Gasteiger partial charge in [0.15, 0.2) is 0 Å². The number of ether oxygens (including phenoxy) is 1. The van der Waals surface area contributed by atoms with E-state index in [1.807, 2.05) is 0 Å². The fourth-order valence-corrected chi connectivity index (χ4v) is 2.27. The van der Waals surface area contributed by atoms with Crippen LogP contribution in [-0.2, 0) is 23.9 Å². The molecule has 1 aliphatic rings. The van der Waals surface area contributed by atoms with Crippen LogP contribution in [0.25, 0.3) is 0 Å². The first-order valence-corrected chi connectivity index (χ1v) is 9.32. The highest BCUT2D eigenvalue weighted by Gasteiger charge is 2.38. The van der Waals surface area contributed by atoms with Gasteiger partial charge in [-0.3, -0.25) is 19.3 Å². The molecule has 3 N–H and O–H groups in total. The zero-order valence-corrected chi connectivity index (χ0v) is 18.1. The Hall–Kier alpha value is -3.16. The Bertz CT molecular complexity index is 721. The van der Waals surface area contributed by atoms with Crippen LogP contribution in [0.15, 0.2) is 12.2 Å². The Balaban J connectivity index is 0.00000118. The molecule has 1 heterocycles. The first kappa shape index (κ1) is 28.8. The minimum atomic E-state index is -5.08. The number of imide groups is 1. The number of hydrogen-bond donors (Lipinski definition) is 2. The largest absolute Gasteiger partial charge is 0.490 e. The summed E-state index contributed by atoms with van der Waals surface area (Å²) < 4.78 is 37.0. The number of rotatable bonds is 8. The number of carboxylic acids is 1. The fraction of sp³-hybridized carbons (Fsp3) is 0.611. The lowest BCUT2D eigenvalue weighted by Gasteiger charge is -2.29. The minimum absolute atomic E-state index is 0.0206. The summed E-state index contributed by atoms with van der Waals surface area (Å²) in [7, 11) is 3.29. The van der Waals surface area contributed by atoms with Crippen LogP contribution in [0.2, 0.25) is 0 Å². The van der Waals surface area contributed by atoms with Crippen LogP contribution in [0.3, 0.4) is 0 Å². The zero-order chi connectivity index (χ0) is 25.2. The van der Waals surface area contributed by atoms with Crippen molar-refractivity contribution in [3.8, 4) is 0 Å². The van der Waals surface area contributed by atoms with E-state index in [1.165, 1.54) is 9.80 Å². The standard InChI is InChI=1S/C16H26N4O5.C2HF3O2/c1-11(2)19(8-7-13(21)18(3)4)16(24)25-10-12(9-17)20-14(22)5-6-15(20)23;3-2(4,5)1(6)7/h5-6,11-12H,7-10,17H2,1-4H3;(H,6,7)/t12-;/m0./s1. The topological polar surface area (TPSA) is 151 Å². The van der Waals surface area contributed by atoms with Crippen molar-refractivity contribution in [2.45, 2.75) is 38.5 Å². The van der Waals surface area contributed by atoms with Gasteiger partial charge in [0, 0.05) is 51.8 Å². The molecule has 0 bridgehead atoms. The van der Waals surface area contributed by atoms with Crippen molar-refractivity contribution in [1.29, 1.82) is 0 Å². The summed E-state index contributed by atoms with van der Waals surface area (Å²) in [5, 5.41) is 7.12. The molecule has 0 aromatic rings. The van der Waals surface area contributed by atoms with Gasteiger partial charge in [-0.25, -0.2) is 9.59 Å². The maximum Gasteiger partial charge on any atom is 0.490 e. The van der Waals surface area contributed by atoms with Crippen molar-refractivity contribution in [3.63, 3.8) is 0 Å². The van der Waals surface area contributed by atoms with Crippen molar-refractivity contribution in [2.24, 2.45) is 5.73 Å². The van der Waals surface area contributed by atoms with E-state index in [0.717, 1.165) is 17.1 Å². The number of halogens is 3. The summed E-state index contributed by atoms with van der Waals surface area (Å²) in [5.74, 6) is -3.81. The molecule has 0 fully saturated rings. The Labute approximate surface area is 182 Å². The van der Waals surface area contributed by atoms with Gasteiger partial charge in [-0.2, -0.15) is 13.2 Å². The number of nitrogens with zero attached hydrogens (tertiary/aromatic N) is 3. The average molecular weight is 468 g/mol. The quantitative estimate of drug-likeness (QED) is 0.480. The molecular formula is C18H27F3N4O7. The van der Waals surface area contributed by atoms with E-state index in [1.54, 1.807) is 27.9 Å². The summed E-state index contributed by atoms with van der Waals surface area (Å²) >= 11 is 0. The van der Waals surface area contributed by atoms with E-state index in [4.69, 9.17) is 20.4 Å². The lowest BCUT2D eigenvalue weighted by atomic mass is 10.2. The molecule has 0 saturated heterocycles. The Morgan fingerprint density at radius 2 is 1.62 bits per heavy atom. The Morgan fingerprint density at radius 1 is 1.16 bits per heavy atom. The molecule has 1 aliphatic heterocycles. The smallest absolute Gasteiger partial charge is 0.475 e. The third-order valence-corrected chi connectivity index (χ3v) is 4.05. The SMILES string of the molecule is CC(C)N(CCC(=O)N(C)C)C(=O)OC[C@H](CN)N1C(=O)C=CC1=O.O=C(O)C(F)(F)F. The van der Waals surface area contributed by atoms with Gasteiger partial charge in [0.25, 0.3) is 11.8 Å². The van der Waals surface area contributed by atoms with Crippen molar-refractivity contribution >= 4 is 29.8 Å². The first-order chi connectivity index (χ1) is 14.6. The second-order valence-corrected chi connectivity index (χ2v) is 6.97. The predicted octanol–water partition coefficient (Wildman–Crippen LogP) is 0.197. The van der Waals surface area contributed by atoms with Gasteiger partial charge in [0.1, 0.15) is 6.61 Å². The van der Waals surface area contributed by atoms with Crippen molar-refractivity contribution < 1.29 is 47.0 Å². The second-order valence-electron chi connectivity index (χ2n) is 6.97. The van der Waals surface area contributed by atoms with Gasteiger partial charge in [-0.1, -0.05) is 0 Å². The van der Waals surface area contributed by atoms with E-state index in [9.17, 15) is 32.3 Å². The molecule has 1 atom stereocenters. The number of carbonyl (C=O) groups excluding carboxylic acids is 4. The van der Waals surface area contributed by atoms with E-state index in [2.05, 4.69) is 0 Å². The Kier molecular flexibility index (Phi) is 11.4. The molecule has 0 radical (unpaired) electrons. The summed E-state index contributed by atoms with van der Waals surface area (Å²) in [4.78, 5) is 60.1. The average Bonchev–Trinajstić information content (AvgIpc) is 3.00. The highest BCUT2D eigenvalue weighted by Crippen LogP contribution is 2.13.